The molecule has 0 aliphatic rings. The SMILES string of the molecule is CC(C)(C)SPSC(C)(C)C. The van der Waals surface area contributed by atoms with Crippen LogP contribution in [0.2, 0.25) is 0 Å². The molecule has 11 heavy (non-hydrogen) atoms. The summed E-state index contributed by atoms with van der Waals surface area (Å²) in [7, 11) is 0. The molecule has 0 aromatic carbocycles. The quantitative estimate of drug-likeness (QED) is 0.613. The molecule has 0 aliphatic heterocycles. The minimum absolute atomic E-state index is 0.427. The molecule has 0 radical (unpaired) electrons. The summed E-state index contributed by atoms with van der Waals surface area (Å²) in [6.07, 6.45) is 0. The molecule has 0 unspecified atom stereocenters. The summed E-state index contributed by atoms with van der Waals surface area (Å²) < 4.78 is 0.855. The second kappa shape index (κ2) is 4.39. The molecule has 0 amide bonds. The average molecular weight is 210 g/mol. The van der Waals surface area contributed by atoms with Crippen LogP contribution in [-0.4, -0.2) is 9.49 Å². The van der Waals surface area contributed by atoms with Gasteiger partial charge in [0.15, 0.2) is 0 Å². The molecular formula is C8H19PS2. The van der Waals surface area contributed by atoms with Gasteiger partial charge in [0.2, 0.25) is 0 Å². The van der Waals surface area contributed by atoms with E-state index in [2.05, 4.69) is 64.3 Å². The van der Waals surface area contributed by atoms with Crippen molar-refractivity contribution in [2.45, 2.75) is 51.0 Å². The first-order chi connectivity index (χ1) is 4.71. The van der Waals surface area contributed by atoms with Crippen LogP contribution in [0.1, 0.15) is 41.5 Å². The maximum Gasteiger partial charge on any atom is 0.0122 e. The minimum atomic E-state index is 0.427. The standard InChI is InChI=1S/C8H19PS2/c1-7(2,3)10-9-11-8(4,5)6/h9H,1-6H3. The smallest absolute Gasteiger partial charge is 0.0122 e. The Hall–Kier alpha value is 1.13. The Morgan fingerprint density at radius 3 is 1.18 bits per heavy atom. The maximum atomic E-state index is 2.27. The van der Waals surface area contributed by atoms with E-state index in [1.54, 1.807) is 0 Å². The molecule has 0 spiro atoms. The van der Waals surface area contributed by atoms with Crippen molar-refractivity contribution in [3.63, 3.8) is 0 Å². The third-order valence-electron chi connectivity index (χ3n) is 0.696. The lowest BCUT2D eigenvalue weighted by Gasteiger charge is -2.21. The predicted molar refractivity (Wildman–Crippen MR) is 63.0 cm³/mol. The Kier molecular flexibility index (Phi) is 4.84. The lowest BCUT2D eigenvalue weighted by molar-refractivity contribution is 0.809. The third kappa shape index (κ3) is 11.1. The molecule has 68 valence electrons. The van der Waals surface area contributed by atoms with Crippen LogP contribution in [-0.2, 0) is 0 Å². The van der Waals surface area contributed by atoms with Gasteiger partial charge in [0, 0.05) is 9.49 Å². The lowest BCUT2D eigenvalue weighted by atomic mass is 10.3. The number of hydrogen-bond donors (Lipinski definition) is 0. The lowest BCUT2D eigenvalue weighted by Crippen LogP contribution is -2.06. The zero-order valence-corrected chi connectivity index (χ0v) is 10.9. The zero-order valence-electron chi connectivity index (χ0n) is 8.32. The topological polar surface area (TPSA) is 0 Å². The van der Waals surface area contributed by atoms with Crippen LogP contribution < -0.4 is 0 Å². The minimum Gasteiger partial charge on any atom is -0.120 e. The van der Waals surface area contributed by atoms with Gasteiger partial charge >= 0.3 is 0 Å². The largest absolute Gasteiger partial charge is 0.120 e. The van der Waals surface area contributed by atoms with Crippen LogP contribution in [0.25, 0.3) is 0 Å². The van der Waals surface area contributed by atoms with E-state index in [1.807, 2.05) is 0 Å². The summed E-state index contributed by atoms with van der Waals surface area (Å²) in [5.74, 6) is 0. The van der Waals surface area contributed by atoms with Gasteiger partial charge in [0.1, 0.15) is 0 Å². The van der Waals surface area contributed by atoms with Crippen molar-refractivity contribution in [3.05, 3.63) is 0 Å². The van der Waals surface area contributed by atoms with E-state index >= 15 is 0 Å². The first kappa shape index (κ1) is 12.1. The van der Waals surface area contributed by atoms with E-state index in [9.17, 15) is 0 Å². The van der Waals surface area contributed by atoms with E-state index < -0.39 is 0 Å². The number of rotatable bonds is 2. The van der Waals surface area contributed by atoms with Crippen molar-refractivity contribution < 1.29 is 0 Å². The molecule has 3 heteroatoms. The highest BCUT2D eigenvalue weighted by molar-refractivity contribution is 8.82. The van der Waals surface area contributed by atoms with Crippen molar-refractivity contribution in [1.29, 1.82) is 0 Å². The highest BCUT2D eigenvalue weighted by Crippen LogP contribution is 2.53. The normalized spacial score (nSPS) is 13.6. The molecule has 0 bridgehead atoms. The molecule has 0 heterocycles. The predicted octanol–water partition coefficient (Wildman–Crippen LogP) is 4.56. The first-order valence-electron chi connectivity index (χ1n) is 3.82. The Labute approximate surface area is 81.0 Å². The van der Waals surface area contributed by atoms with Crippen molar-refractivity contribution >= 4 is 29.7 Å². The van der Waals surface area contributed by atoms with Crippen LogP contribution in [0.4, 0.5) is 0 Å². The fraction of sp³-hybridized carbons (Fsp3) is 1.00. The van der Waals surface area contributed by atoms with Crippen LogP contribution in [0, 0.1) is 0 Å². The average Bonchev–Trinajstić information content (AvgIpc) is 1.55. The summed E-state index contributed by atoms with van der Waals surface area (Å²) in [5, 5.41) is 0. The molecular weight excluding hydrogens is 191 g/mol. The summed E-state index contributed by atoms with van der Waals surface area (Å²) in [6.45, 7) is 14.6. The van der Waals surface area contributed by atoms with E-state index in [0.717, 1.165) is 6.98 Å². The van der Waals surface area contributed by atoms with Gasteiger partial charge in [-0.2, -0.15) is 0 Å². The Morgan fingerprint density at radius 1 is 0.727 bits per heavy atom. The van der Waals surface area contributed by atoms with Gasteiger partial charge in [-0.25, -0.2) is 0 Å². The Morgan fingerprint density at radius 2 is 1.00 bits per heavy atom. The van der Waals surface area contributed by atoms with E-state index in [0.29, 0.717) is 9.49 Å². The van der Waals surface area contributed by atoms with Crippen LogP contribution in [0.3, 0.4) is 0 Å². The van der Waals surface area contributed by atoms with Crippen LogP contribution in [0.5, 0.6) is 0 Å². The molecule has 0 N–H and O–H groups in total. The fourth-order valence-electron chi connectivity index (χ4n) is 0.271. The van der Waals surface area contributed by atoms with Gasteiger partial charge in [-0.3, -0.25) is 0 Å². The van der Waals surface area contributed by atoms with Crippen molar-refractivity contribution in [3.8, 4) is 0 Å². The van der Waals surface area contributed by atoms with E-state index in [1.165, 1.54) is 0 Å². The maximum absolute atomic E-state index is 2.27. The first-order valence-corrected chi connectivity index (χ1v) is 7.90. The van der Waals surface area contributed by atoms with Gasteiger partial charge in [-0.15, -0.1) is 22.8 Å². The van der Waals surface area contributed by atoms with Gasteiger partial charge in [0.25, 0.3) is 0 Å². The molecule has 0 saturated carbocycles. The summed E-state index contributed by atoms with van der Waals surface area (Å²) in [5.41, 5.74) is 0. The van der Waals surface area contributed by atoms with Gasteiger partial charge in [-0.1, -0.05) is 41.5 Å². The molecule has 0 rings (SSSR count). The second-order valence-electron chi connectivity index (χ2n) is 4.51. The van der Waals surface area contributed by atoms with E-state index in [-0.39, 0.29) is 0 Å². The summed E-state index contributed by atoms with van der Waals surface area (Å²) in [4.78, 5) is 0. The number of hydrogen-bond acceptors (Lipinski definition) is 2. The second-order valence-corrected chi connectivity index (χ2v) is 10.8. The van der Waals surface area contributed by atoms with Crippen molar-refractivity contribution in [2.75, 3.05) is 0 Å². The summed E-state index contributed by atoms with van der Waals surface area (Å²) >= 11 is 4.10. The van der Waals surface area contributed by atoms with Gasteiger partial charge in [-0.05, 0) is 6.98 Å². The van der Waals surface area contributed by atoms with Crippen molar-refractivity contribution in [2.24, 2.45) is 0 Å². The van der Waals surface area contributed by atoms with Crippen LogP contribution >= 0.6 is 29.7 Å². The van der Waals surface area contributed by atoms with Gasteiger partial charge < -0.3 is 0 Å². The fourth-order valence-corrected chi connectivity index (χ4v) is 7.31. The Balaban J connectivity index is 3.44. The summed E-state index contributed by atoms with van der Waals surface area (Å²) in [6, 6.07) is 0. The van der Waals surface area contributed by atoms with E-state index in [4.69, 9.17) is 0 Å². The van der Waals surface area contributed by atoms with Crippen LogP contribution in [0.15, 0.2) is 0 Å². The molecule has 0 aromatic heterocycles. The van der Waals surface area contributed by atoms with Crippen molar-refractivity contribution in [1.82, 2.24) is 0 Å². The Bertz CT molecular complexity index is 96.2. The van der Waals surface area contributed by atoms with Gasteiger partial charge in [0.05, 0.1) is 0 Å². The highest BCUT2D eigenvalue weighted by Gasteiger charge is 2.14. The monoisotopic (exact) mass is 210 g/mol. The molecule has 0 nitrogen and oxygen atoms in total. The third-order valence-corrected chi connectivity index (χ3v) is 7.76. The molecule has 0 atom stereocenters. The zero-order chi connectivity index (χ0) is 9.12. The highest BCUT2D eigenvalue weighted by atomic mass is 33.1. The molecule has 0 aliphatic carbocycles. The molecule has 0 fully saturated rings. The molecule has 0 aromatic rings. The molecule has 0 saturated heterocycles.